The lowest BCUT2D eigenvalue weighted by Gasteiger charge is -2.19. The molecule has 0 aliphatic heterocycles. The Hall–Kier alpha value is -3.02. The predicted octanol–water partition coefficient (Wildman–Crippen LogP) is 5.47. The Morgan fingerprint density at radius 2 is 1.50 bits per heavy atom. The number of hydrogen-bond acceptors (Lipinski definition) is 4. The van der Waals surface area contributed by atoms with Crippen LogP contribution in [-0.2, 0) is 10.2 Å². The molecule has 1 fully saturated rings. The van der Waals surface area contributed by atoms with Crippen molar-refractivity contribution in [2.24, 2.45) is 11.0 Å². The molecule has 164 valence electrons. The molecule has 0 spiro atoms. The number of nitrogens with zero attached hydrogens (tertiary/aromatic N) is 1. The number of methoxy groups -OCH3 is 2. The SMILES string of the molecule is COc1ccc(C=NNC(=O)C2CC2(c2ccc(Cl)cc2)c2ccc(Cl)cc2)cc1OC. The van der Waals surface area contributed by atoms with Crippen molar-refractivity contribution in [3.8, 4) is 11.5 Å². The third-order valence-corrected chi connectivity index (χ3v) is 6.30. The maximum Gasteiger partial charge on any atom is 0.244 e. The van der Waals surface area contributed by atoms with Crippen LogP contribution in [0.3, 0.4) is 0 Å². The van der Waals surface area contributed by atoms with Gasteiger partial charge in [0.15, 0.2) is 11.5 Å². The van der Waals surface area contributed by atoms with Crippen molar-refractivity contribution in [2.45, 2.75) is 11.8 Å². The van der Waals surface area contributed by atoms with E-state index in [1.54, 1.807) is 32.6 Å². The van der Waals surface area contributed by atoms with Gasteiger partial charge in [0.05, 0.1) is 26.4 Å². The Morgan fingerprint density at radius 3 is 2.03 bits per heavy atom. The summed E-state index contributed by atoms with van der Waals surface area (Å²) in [5.74, 6) is 0.816. The standard InChI is InChI=1S/C25H22Cl2N2O3/c1-31-22-12-3-16(13-23(22)32-2)15-28-29-24(30)21-14-25(21,17-4-8-19(26)9-5-17)18-6-10-20(27)11-7-18/h3-13,15,21H,14H2,1-2H3,(H,29,30). The largest absolute Gasteiger partial charge is 0.493 e. The second kappa shape index (κ2) is 9.23. The number of nitrogens with one attached hydrogen (secondary N) is 1. The molecule has 3 aromatic carbocycles. The number of carbonyl (C=O) groups excluding carboxylic acids is 1. The van der Waals surface area contributed by atoms with E-state index in [0.29, 0.717) is 28.0 Å². The summed E-state index contributed by atoms with van der Waals surface area (Å²) in [5.41, 5.74) is 5.10. The van der Waals surface area contributed by atoms with Crippen LogP contribution in [0.15, 0.2) is 71.8 Å². The van der Waals surface area contributed by atoms with Gasteiger partial charge in [-0.15, -0.1) is 0 Å². The molecule has 1 N–H and O–H groups in total. The van der Waals surface area contributed by atoms with Crippen LogP contribution in [0, 0.1) is 5.92 Å². The second-order valence-corrected chi connectivity index (χ2v) is 8.46. The zero-order valence-electron chi connectivity index (χ0n) is 17.6. The smallest absolute Gasteiger partial charge is 0.244 e. The molecular formula is C25H22Cl2N2O3. The van der Waals surface area contributed by atoms with E-state index >= 15 is 0 Å². The van der Waals surface area contributed by atoms with Gasteiger partial charge in [0, 0.05) is 15.5 Å². The first-order valence-electron chi connectivity index (χ1n) is 10.0. The molecular weight excluding hydrogens is 447 g/mol. The summed E-state index contributed by atoms with van der Waals surface area (Å²) < 4.78 is 10.5. The molecule has 1 saturated carbocycles. The minimum atomic E-state index is -0.432. The highest BCUT2D eigenvalue weighted by Crippen LogP contribution is 2.59. The molecule has 7 heteroatoms. The Morgan fingerprint density at radius 1 is 0.938 bits per heavy atom. The number of ether oxygens (including phenoxy) is 2. The zero-order chi connectivity index (χ0) is 22.7. The van der Waals surface area contributed by atoms with E-state index in [4.69, 9.17) is 32.7 Å². The second-order valence-electron chi connectivity index (χ2n) is 7.59. The van der Waals surface area contributed by atoms with Crippen molar-refractivity contribution < 1.29 is 14.3 Å². The lowest BCUT2D eigenvalue weighted by atomic mass is 9.85. The number of amides is 1. The maximum absolute atomic E-state index is 13.0. The highest BCUT2D eigenvalue weighted by atomic mass is 35.5. The number of hydrogen-bond donors (Lipinski definition) is 1. The van der Waals surface area contributed by atoms with Crippen molar-refractivity contribution in [1.82, 2.24) is 5.43 Å². The Bertz CT molecular complexity index is 1100. The predicted molar refractivity (Wildman–Crippen MR) is 127 cm³/mol. The fourth-order valence-electron chi connectivity index (χ4n) is 4.06. The Balaban J connectivity index is 1.53. The molecule has 0 saturated heterocycles. The van der Waals surface area contributed by atoms with Gasteiger partial charge in [-0.05, 0) is 65.6 Å². The molecule has 32 heavy (non-hydrogen) atoms. The molecule has 1 unspecified atom stereocenters. The van der Waals surface area contributed by atoms with Crippen LogP contribution < -0.4 is 14.9 Å². The lowest BCUT2D eigenvalue weighted by Crippen LogP contribution is -2.25. The summed E-state index contributed by atoms with van der Waals surface area (Å²) >= 11 is 12.2. The van der Waals surface area contributed by atoms with Crippen molar-refractivity contribution in [3.05, 3.63) is 93.5 Å². The number of hydrazone groups is 1. The molecule has 0 bridgehead atoms. The van der Waals surface area contributed by atoms with Gasteiger partial charge in [0.2, 0.25) is 5.91 Å². The van der Waals surface area contributed by atoms with Gasteiger partial charge < -0.3 is 9.47 Å². The fraction of sp³-hybridized carbons (Fsp3) is 0.200. The molecule has 4 rings (SSSR count). The van der Waals surface area contributed by atoms with Gasteiger partial charge in [-0.25, -0.2) is 5.43 Å². The summed E-state index contributed by atoms with van der Waals surface area (Å²) in [4.78, 5) is 13.0. The monoisotopic (exact) mass is 468 g/mol. The minimum absolute atomic E-state index is 0.147. The van der Waals surface area contributed by atoms with Crippen LogP contribution in [-0.4, -0.2) is 26.3 Å². The van der Waals surface area contributed by atoms with Gasteiger partial charge in [0.1, 0.15) is 0 Å². The zero-order valence-corrected chi connectivity index (χ0v) is 19.2. The fourth-order valence-corrected chi connectivity index (χ4v) is 4.31. The van der Waals surface area contributed by atoms with E-state index in [9.17, 15) is 4.79 Å². The first-order valence-corrected chi connectivity index (χ1v) is 10.8. The summed E-state index contributed by atoms with van der Waals surface area (Å²) in [6, 6.07) is 20.7. The average molecular weight is 469 g/mol. The van der Waals surface area contributed by atoms with Gasteiger partial charge in [-0.2, -0.15) is 5.10 Å². The minimum Gasteiger partial charge on any atom is -0.493 e. The van der Waals surface area contributed by atoms with E-state index < -0.39 is 5.41 Å². The van der Waals surface area contributed by atoms with Crippen LogP contribution in [0.2, 0.25) is 10.0 Å². The van der Waals surface area contributed by atoms with Crippen LogP contribution in [0.25, 0.3) is 0 Å². The number of carbonyl (C=O) groups is 1. The van der Waals surface area contributed by atoms with Crippen LogP contribution >= 0.6 is 23.2 Å². The van der Waals surface area contributed by atoms with Gasteiger partial charge >= 0.3 is 0 Å². The van der Waals surface area contributed by atoms with Gasteiger partial charge in [-0.1, -0.05) is 47.5 Å². The number of rotatable bonds is 7. The average Bonchev–Trinajstić information content (AvgIpc) is 3.56. The van der Waals surface area contributed by atoms with Crippen LogP contribution in [0.1, 0.15) is 23.1 Å². The normalized spacial score (nSPS) is 16.6. The highest BCUT2D eigenvalue weighted by Gasteiger charge is 2.60. The van der Waals surface area contributed by atoms with Crippen molar-refractivity contribution in [2.75, 3.05) is 14.2 Å². The number of halogens is 2. The lowest BCUT2D eigenvalue weighted by molar-refractivity contribution is -0.122. The summed E-state index contributed by atoms with van der Waals surface area (Å²) in [6.07, 6.45) is 2.25. The van der Waals surface area contributed by atoms with Crippen molar-refractivity contribution >= 4 is 35.3 Å². The summed E-state index contributed by atoms with van der Waals surface area (Å²) in [5, 5.41) is 5.46. The number of benzene rings is 3. The molecule has 1 aliphatic carbocycles. The quantitative estimate of drug-likeness (QED) is 0.369. The molecule has 1 aliphatic rings. The van der Waals surface area contributed by atoms with Crippen molar-refractivity contribution in [1.29, 1.82) is 0 Å². The van der Waals surface area contributed by atoms with Gasteiger partial charge in [0.25, 0.3) is 0 Å². The van der Waals surface area contributed by atoms with Gasteiger partial charge in [-0.3, -0.25) is 4.79 Å². The molecule has 0 radical (unpaired) electrons. The Labute approximate surface area is 197 Å². The van der Waals surface area contributed by atoms with Crippen molar-refractivity contribution in [3.63, 3.8) is 0 Å². The topological polar surface area (TPSA) is 59.9 Å². The summed E-state index contributed by atoms with van der Waals surface area (Å²) in [6.45, 7) is 0. The Kier molecular flexibility index (Phi) is 6.40. The maximum atomic E-state index is 13.0. The molecule has 1 amide bonds. The van der Waals surface area contributed by atoms with E-state index in [1.165, 1.54) is 0 Å². The molecule has 5 nitrogen and oxygen atoms in total. The van der Waals surface area contributed by atoms with E-state index in [2.05, 4.69) is 10.5 Å². The first kappa shape index (κ1) is 22.2. The molecule has 1 atom stereocenters. The van der Waals surface area contributed by atoms with Crippen LogP contribution in [0.4, 0.5) is 0 Å². The summed E-state index contributed by atoms with van der Waals surface area (Å²) in [7, 11) is 3.15. The van der Waals surface area contributed by atoms with E-state index in [0.717, 1.165) is 16.7 Å². The first-order chi connectivity index (χ1) is 15.5. The third kappa shape index (κ3) is 4.31. The molecule has 0 aromatic heterocycles. The molecule has 3 aromatic rings. The third-order valence-electron chi connectivity index (χ3n) is 5.79. The highest BCUT2D eigenvalue weighted by molar-refractivity contribution is 6.30. The van der Waals surface area contributed by atoms with E-state index in [1.807, 2.05) is 54.6 Å². The van der Waals surface area contributed by atoms with Crippen LogP contribution in [0.5, 0.6) is 11.5 Å². The molecule has 0 heterocycles. The van der Waals surface area contributed by atoms with E-state index in [-0.39, 0.29) is 11.8 Å².